The number of nitrogens with zero attached hydrogens (tertiary/aromatic N) is 4. The van der Waals surface area contributed by atoms with Gasteiger partial charge in [-0.25, -0.2) is 9.97 Å². The van der Waals surface area contributed by atoms with E-state index in [2.05, 4.69) is 62.1 Å². The van der Waals surface area contributed by atoms with Crippen LogP contribution in [0.3, 0.4) is 0 Å². The van der Waals surface area contributed by atoms with Crippen LogP contribution in [0.15, 0.2) is 42.7 Å². The first kappa shape index (κ1) is 35.6. The van der Waals surface area contributed by atoms with E-state index in [0.29, 0.717) is 53.5 Å². The molecule has 0 spiro atoms. The van der Waals surface area contributed by atoms with Crippen molar-refractivity contribution in [3.8, 4) is 5.75 Å². The molecular formula is C36H49AsN7O4. The maximum absolute atomic E-state index is 13.9. The SMILES string of the molecule is COc1cc2ncnc(Nc3ccc(C4CCCN(C)C4)cc3)c2cc1NC(=O)[C@@H]1CCCN1C(=O)C(NC(=O)C(C)[As]C)C(C)(C)C. The topological polar surface area (TPSA) is 129 Å². The number of ether oxygens (including phenoxy) is 1. The van der Waals surface area contributed by atoms with Crippen LogP contribution in [0.4, 0.5) is 17.2 Å². The standard InChI is InChI=1S/C36H49AsN7O4/c1-22(37-5)33(45)42-31(36(2,3)4)35(47)44-17-9-11-29(44)34(46)41-28-18-26-27(19-30(28)48-7)38-21-39-32(26)40-25-14-12-23(13-15-25)24-10-8-16-43(6)20-24/h12-15,18-19,21-22,24,29,31H,8-11,16-17,20H2,1-7H3,(H,41,46)(H,42,45)(H,38,39,40)/t22?,24?,29-,31?/m0/s1. The number of hydrogen-bond donors (Lipinski definition) is 3. The Morgan fingerprint density at radius 2 is 1.77 bits per heavy atom. The van der Waals surface area contributed by atoms with Crippen molar-refractivity contribution in [2.24, 2.45) is 5.41 Å². The summed E-state index contributed by atoms with van der Waals surface area (Å²) in [7, 11) is 3.72. The molecule has 3 N–H and O–H groups in total. The van der Waals surface area contributed by atoms with E-state index in [-0.39, 0.29) is 38.2 Å². The van der Waals surface area contributed by atoms with Crippen LogP contribution >= 0.6 is 0 Å². The van der Waals surface area contributed by atoms with Gasteiger partial charge in [0, 0.05) is 12.2 Å². The number of likely N-dealkylation sites (tertiary alicyclic amines) is 2. The van der Waals surface area contributed by atoms with Crippen LogP contribution in [-0.4, -0.2) is 99.1 Å². The van der Waals surface area contributed by atoms with Crippen molar-refractivity contribution in [3.63, 3.8) is 0 Å². The Labute approximate surface area is 290 Å². The van der Waals surface area contributed by atoms with Gasteiger partial charge in [-0.2, -0.15) is 0 Å². The molecule has 3 amide bonds. The third-order valence-corrected chi connectivity index (χ3v) is 11.6. The molecule has 2 fully saturated rings. The third kappa shape index (κ3) is 8.12. The van der Waals surface area contributed by atoms with E-state index in [1.807, 2.05) is 39.5 Å². The van der Waals surface area contributed by atoms with Crippen LogP contribution < -0.4 is 20.7 Å². The number of fused-ring (bicyclic) bond motifs is 1. The zero-order chi connectivity index (χ0) is 34.6. The van der Waals surface area contributed by atoms with Gasteiger partial charge in [0.1, 0.15) is 12.1 Å². The molecule has 3 heterocycles. The average molecular weight is 719 g/mol. The molecule has 11 nitrogen and oxygen atoms in total. The number of amides is 3. The van der Waals surface area contributed by atoms with Crippen LogP contribution in [0.2, 0.25) is 10.4 Å². The number of aromatic nitrogens is 2. The van der Waals surface area contributed by atoms with Gasteiger partial charge in [-0.15, -0.1) is 0 Å². The molecule has 0 aliphatic carbocycles. The number of nitrogens with one attached hydrogen (secondary N) is 3. The van der Waals surface area contributed by atoms with Gasteiger partial charge in [0.15, 0.2) is 0 Å². The van der Waals surface area contributed by atoms with Crippen LogP contribution in [0.1, 0.15) is 64.9 Å². The molecule has 3 aromatic rings. The minimum atomic E-state index is -0.743. The fourth-order valence-corrected chi connectivity index (χ4v) is 7.23. The van der Waals surface area contributed by atoms with Crippen molar-refractivity contribution in [2.75, 3.05) is 44.4 Å². The summed E-state index contributed by atoms with van der Waals surface area (Å²) in [5.41, 5.74) is 4.87. The van der Waals surface area contributed by atoms with Crippen molar-refractivity contribution in [1.29, 1.82) is 0 Å². The number of hydrogen-bond acceptors (Lipinski definition) is 8. The minimum absolute atomic E-state index is 0.119. The fraction of sp³-hybridized carbons (Fsp3) is 0.528. The number of benzene rings is 2. The van der Waals surface area contributed by atoms with Crippen molar-refractivity contribution in [3.05, 3.63) is 48.3 Å². The molecule has 1 aromatic heterocycles. The summed E-state index contributed by atoms with van der Waals surface area (Å²) in [6.07, 6.45) is 5.13. The Morgan fingerprint density at radius 3 is 2.44 bits per heavy atom. The molecule has 1 radical (unpaired) electrons. The second-order valence-corrected chi connectivity index (χ2v) is 16.8. The zero-order valence-electron chi connectivity index (χ0n) is 29.2. The van der Waals surface area contributed by atoms with Gasteiger partial charge in [-0.1, -0.05) is 12.1 Å². The molecule has 2 aromatic carbocycles. The number of carbonyl (C=O) groups excluding carboxylic acids is 3. The summed E-state index contributed by atoms with van der Waals surface area (Å²) in [6, 6.07) is 10.7. The van der Waals surface area contributed by atoms with Crippen LogP contribution in [0, 0.1) is 5.41 Å². The number of carbonyl (C=O) groups is 3. The molecule has 3 unspecified atom stereocenters. The van der Waals surface area contributed by atoms with Crippen molar-refractivity contribution >= 4 is 61.6 Å². The van der Waals surface area contributed by atoms with Gasteiger partial charge in [0.05, 0.1) is 12.6 Å². The van der Waals surface area contributed by atoms with Gasteiger partial charge in [0.2, 0.25) is 0 Å². The number of anilines is 3. The molecule has 257 valence electrons. The maximum atomic E-state index is 13.9. The number of rotatable bonds is 10. The molecule has 0 bridgehead atoms. The fourth-order valence-electron chi connectivity index (χ4n) is 6.58. The first-order chi connectivity index (χ1) is 22.9. The van der Waals surface area contributed by atoms with Gasteiger partial charge in [-0.3, -0.25) is 0 Å². The molecule has 12 heteroatoms. The first-order valence-corrected chi connectivity index (χ1v) is 19.7. The van der Waals surface area contributed by atoms with E-state index >= 15 is 0 Å². The number of likely N-dealkylation sites (N-methyl/N-ethyl adjacent to an activating group) is 1. The Balaban J connectivity index is 1.35. The number of methoxy groups -OCH3 is 1. The molecule has 2 aliphatic rings. The molecule has 2 aliphatic heterocycles. The Morgan fingerprint density at radius 1 is 1.04 bits per heavy atom. The second kappa shape index (κ2) is 15.2. The van der Waals surface area contributed by atoms with Gasteiger partial charge >= 0.3 is 172 Å². The molecule has 48 heavy (non-hydrogen) atoms. The van der Waals surface area contributed by atoms with Crippen LogP contribution in [0.25, 0.3) is 10.9 Å². The molecular weight excluding hydrogens is 669 g/mol. The van der Waals surface area contributed by atoms with E-state index < -0.39 is 17.5 Å². The summed E-state index contributed by atoms with van der Waals surface area (Å²) in [5, 5.41) is 10.2. The van der Waals surface area contributed by atoms with Crippen molar-refractivity contribution < 1.29 is 19.1 Å². The molecule has 5 rings (SSSR count). The second-order valence-electron chi connectivity index (χ2n) is 14.1. The molecule has 2 saturated heterocycles. The predicted molar refractivity (Wildman–Crippen MR) is 191 cm³/mol. The summed E-state index contributed by atoms with van der Waals surface area (Å²) >= 11 is -0.167. The average Bonchev–Trinajstić information content (AvgIpc) is 3.57. The molecule has 0 saturated carbocycles. The summed E-state index contributed by atoms with van der Waals surface area (Å²) in [4.78, 5) is 53.6. The zero-order valence-corrected chi connectivity index (χ0v) is 31.0. The van der Waals surface area contributed by atoms with Gasteiger partial charge in [0.25, 0.3) is 0 Å². The van der Waals surface area contributed by atoms with Crippen molar-refractivity contribution in [1.82, 2.24) is 25.1 Å². The summed E-state index contributed by atoms with van der Waals surface area (Å²) < 4.78 is 5.54. The van der Waals surface area contributed by atoms with E-state index in [1.54, 1.807) is 18.1 Å². The number of piperidine rings is 1. The van der Waals surface area contributed by atoms with Gasteiger partial charge in [-0.05, 0) is 50.0 Å². The van der Waals surface area contributed by atoms with E-state index in [0.717, 1.165) is 18.8 Å². The molecule has 4 atom stereocenters. The van der Waals surface area contributed by atoms with E-state index in [4.69, 9.17) is 4.74 Å². The van der Waals surface area contributed by atoms with E-state index in [1.165, 1.54) is 24.7 Å². The Hall–Kier alpha value is -3.69. The normalized spacial score (nSPS) is 20.1. The predicted octanol–water partition coefficient (Wildman–Crippen LogP) is 5.21. The Bertz CT molecular complexity index is 1630. The summed E-state index contributed by atoms with van der Waals surface area (Å²) in [6.45, 7) is 10.4. The summed E-state index contributed by atoms with van der Waals surface area (Å²) in [5.74, 6) is 0.930. The van der Waals surface area contributed by atoms with Crippen LogP contribution in [-0.2, 0) is 14.4 Å². The quantitative estimate of drug-likeness (QED) is 0.244. The van der Waals surface area contributed by atoms with Gasteiger partial charge < -0.3 is 10.2 Å². The third-order valence-electron chi connectivity index (χ3n) is 9.49. The Kier molecular flexibility index (Phi) is 11.3. The van der Waals surface area contributed by atoms with Crippen molar-refractivity contribution in [2.45, 2.75) is 81.8 Å². The van der Waals surface area contributed by atoms with Crippen LogP contribution in [0.5, 0.6) is 5.75 Å². The van der Waals surface area contributed by atoms with E-state index in [9.17, 15) is 14.4 Å². The monoisotopic (exact) mass is 718 g/mol. The first-order valence-electron chi connectivity index (χ1n) is 16.8.